The van der Waals surface area contributed by atoms with Gasteiger partial charge < -0.3 is 10.2 Å². The highest BCUT2D eigenvalue weighted by atomic mass is 35.5. The molecule has 28 heavy (non-hydrogen) atoms. The van der Waals surface area contributed by atoms with E-state index in [-0.39, 0.29) is 18.5 Å². The van der Waals surface area contributed by atoms with Crippen LogP contribution in [0.3, 0.4) is 0 Å². The van der Waals surface area contributed by atoms with Gasteiger partial charge in [0, 0.05) is 55.4 Å². The van der Waals surface area contributed by atoms with Crippen molar-refractivity contribution in [1.29, 1.82) is 0 Å². The van der Waals surface area contributed by atoms with Crippen LogP contribution in [0.4, 0.5) is 8.78 Å². The molecule has 150 valence electrons. The summed E-state index contributed by atoms with van der Waals surface area (Å²) in [6.45, 7) is 5.63. The largest absolute Gasteiger partial charge is 0.339 e. The van der Waals surface area contributed by atoms with Crippen LogP contribution in [0, 0.1) is 11.6 Å². The quantitative estimate of drug-likeness (QED) is 0.794. The molecule has 2 aromatic rings. The van der Waals surface area contributed by atoms with Gasteiger partial charge >= 0.3 is 0 Å². The molecule has 1 saturated heterocycles. The Morgan fingerprint density at radius 2 is 1.79 bits per heavy atom. The molecule has 1 aliphatic heterocycles. The lowest BCUT2D eigenvalue weighted by Gasteiger charge is -2.35. The van der Waals surface area contributed by atoms with Crippen LogP contribution < -0.4 is 5.32 Å². The minimum absolute atomic E-state index is 0.0134. The van der Waals surface area contributed by atoms with Crippen LogP contribution in [0.2, 0.25) is 5.02 Å². The topological polar surface area (TPSA) is 35.6 Å². The van der Waals surface area contributed by atoms with E-state index in [4.69, 9.17) is 11.6 Å². The highest BCUT2D eigenvalue weighted by Crippen LogP contribution is 2.18. The number of carbonyl (C=O) groups excluding carboxylic acids is 1. The van der Waals surface area contributed by atoms with Crippen LogP contribution >= 0.6 is 11.6 Å². The summed E-state index contributed by atoms with van der Waals surface area (Å²) in [6.07, 6.45) is 0. The fraction of sp³-hybridized carbons (Fsp3) is 0.381. The zero-order chi connectivity index (χ0) is 20.1. The predicted molar refractivity (Wildman–Crippen MR) is 106 cm³/mol. The molecule has 0 saturated carbocycles. The number of piperazine rings is 1. The lowest BCUT2D eigenvalue weighted by Crippen LogP contribution is -2.50. The summed E-state index contributed by atoms with van der Waals surface area (Å²) in [6, 6.07) is 10.9. The number of carbonyl (C=O) groups is 1. The van der Waals surface area contributed by atoms with Crippen molar-refractivity contribution < 1.29 is 13.6 Å². The number of benzene rings is 2. The number of nitrogens with one attached hydrogen (secondary N) is 1. The van der Waals surface area contributed by atoms with Crippen LogP contribution in [0.5, 0.6) is 0 Å². The van der Waals surface area contributed by atoms with Gasteiger partial charge in [0.1, 0.15) is 11.6 Å². The molecular formula is C21H24ClF2N3O. The molecular weight excluding hydrogens is 384 g/mol. The summed E-state index contributed by atoms with van der Waals surface area (Å²) in [5.41, 5.74) is 1.54. The van der Waals surface area contributed by atoms with E-state index in [0.29, 0.717) is 18.7 Å². The molecule has 1 fully saturated rings. The number of rotatable bonds is 6. The summed E-state index contributed by atoms with van der Waals surface area (Å²) in [5.74, 6) is -1.23. The van der Waals surface area contributed by atoms with Crippen LogP contribution in [0.15, 0.2) is 42.5 Å². The standard InChI is InChI=1S/C21H24ClF2N3O/c1-15(19-7-6-18(23)12-20(19)24)25-13-21(28)27-10-8-26(9-11-27)14-16-2-4-17(22)5-3-16/h2-7,12,15,25H,8-11,13-14H2,1H3/t15-/m0/s1. The molecule has 0 bridgehead atoms. The molecule has 0 aliphatic carbocycles. The summed E-state index contributed by atoms with van der Waals surface area (Å²) >= 11 is 5.91. The molecule has 1 atom stereocenters. The van der Waals surface area contributed by atoms with Gasteiger partial charge in [-0.15, -0.1) is 0 Å². The van der Waals surface area contributed by atoms with Gasteiger partial charge in [0.05, 0.1) is 6.54 Å². The van der Waals surface area contributed by atoms with Crippen molar-refractivity contribution in [3.8, 4) is 0 Å². The third kappa shape index (κ3) is 5.50. The van der Waals surface area contributed by atoms with Crippen molar-refractivity contribution in [3.05, 3.63) is 70.2 Å². The van der Waals surface area contributed by atoms with Crippen molar-refractivity contribution in [1.82, 2.24) is 15.1 Å². The molecule has 3 rings (SSSR count). The lowest BCUT2D eigenvalue weighted by atomic mass is 10.1. The fourth-order valence-electron chi connectivity index (χ4n) is 3.32. The van der Waals surface area contributed by atoms with E-state index in [1.165, 1.54) is 17.7 Å². The SMILES string of the molecule is C[C@H](NCC(=O)N1CCN(Cc2ccc(Cl)cc2)CC1)c1ccc(F)cc1F. The Balaban J connectivity index is 1.44. The second kappa shape index (κ2) is 9.45. The van der Waals surface area contributed by atoms with E-state index in [9.17, 15) is 13.6 Å². The average Bonchev–Trinajstić information content (AvgIpc) is 2.68. The molecule has 1 N–H and O–H groups in total. The third-order valence-corrected chi connectivity index (χ3v) is 5.28. The van der Waals surface area contributed by atoms with Gasteiger partial charge in [-0.05, 0) is 30.7 Å². The Hall–Kier alpha value is -2.02. The second-order valence-corrected chi connectivity index (χ2v) is 7.49. The van der Waals surface area contributed by atoms with E-state index < -0.39 is 11.6 Å². The van der Waals surface area contributed by atoms with Gasteiger partial charge in [-0.2, -0.15) is 0 Å². The highest BCUT2D eigenvalue weighted by molar-refractivity contribution is 6.30. The Bertz CT molecular complexity index is 808. The van der Waals surface area contributed by atoms with Crippen molar-refractivity contribution in [2.45, 2.75) is 19.5 Å². The Morgan fingerprint density at radius 3 is 2.43 bits per heavy atom. The third-order valence-electron chi connectivity index (χ3n) is 5.03. The first-order valence-corrected chi connectivity index (χ1v) is 9.73. The van der Waals surface area contributed by atoms with E-state index in [2.05, 4.69) is 10.2 Å². The van der Waals surface area contributed by atoms with Gasteiger partial charge in [-0.1, -0.05) is 29.8 Å². The first-order chi connectivity index (χ1) is 13.4. The molecule has 0 unspecified atom stereocenters. The predicted octanol–water partition coefficient (Wildman–Crippen LogP) is 3.61. The van der Waals surface area contributed by atoms with Gasteiger partial charge in [-0.25, -0.2) is 8.78 Å². The molecule has 0 spiro atoms. The van der Waals surface area contributed by atoms with Gasteiger partial charge in [0.2, 0.25) is 5.91 Å². The monoisotopic (exact) mass is 407 g/mol. The fourth-order valence-corrected chi connectivity index (χ4v) is 3.44. The average molecular weight is 408 g/mol. The van der Waals surface area contributed by atoms with Crippen LogP contribution in [0.25, 0.3) is 0 Å². The maximum Gasteiger partial charge on any atom is 0.236 e. The van der Waals surface area contributed by atoms with Gasteiger partial charge in [0.15, 0.2) is 0 Å². The number of nitrogens with zero attached hydrogens (tertiary/aromatic N) is 2. The minimum atomic E-state index is -0.610. The molecule has 7 heteroatoms. The van der Waals surface area contributed by atoms with Crippen molar-refractivity contribution in [2.24, 2.45) is 0 Å². The summed E-state index contributed by atoms with van der Waals surface area (Å²) < 4.78 is 26.9. The van der Waals surface area contributed by atoms with Crippen LogP contribution in [-0.4, -0.2) is 48.4 Å². The summed E-state index contributed by atoms with van der Waals surface area (Å²) in [5, 5.41) is 3.76. The molecule has 1 amide bonds. The summed E-state index contributed by atoms with van der Waals surface area (Å²) in [7, 11) is 0. The Morgan fingerprint density at radius 1 is 1.11 bits per heavy atom. The normalized spacial score (nSPS) is 16.2. The zero-order valence-corrected chi connectivity index (χ0v) is 16.6. The first kappa shape index (κ1) is 20.7. The summed E-state index contributed by atoms with van der Waals surface area (Å²) in [4.78, 5) is 16.6. The zero-order valence-electron chi connectivity index (χ0n) is 15.8. The van der Waals surface area contributed by atoms with E-state index in [1.54, 1.807) is 6.92 Å². The minimum Gasteiger partial charge on any atom is -0.339 e. The van der Waals surface area contributed by atoms with Crippen molar-refractivity contribution >= 4 is 17.5 Å². The maximum absolute atomic E-state index is 13.8. The number of halogens is 3. The molecule has 1 aliphatic rings. The smallest absolute Gasteiger partial charge is 0.236 e. The molecule has 1 heterocycles. The maximum atomic E-state index is 13.8. The lowest BCUT2D eigenvalue weighted by molar-refractivity contribution is -0.132. The van der Waals surface area contributed by atoms with E-state index in [0.717, 1.165) is 30.7 Å². The van der Waals surface area contributed by atoms with Crippen molar-refractivity contribution in [3.63, 3.8) is 0 Å². The number of amides is 1. The van der Waals surface area contributed by atoms with Crippen LogP contribution in [-0.2, 0) is 11.3 Å². The van der Waals surface area contributed by atoms with Crippen LogP contribution in [0.1, 0.15) is 24.1 Å². The van der Waals surface area contributed by atoms with E-state index >= 15 is 0 Å². The molecule has 2 aromatic carbocycles. The molecule has 4 nitrogen and oxygen atoms in total. The number of hydrogen-bond acceptors (Lipinski definition) is 3. The molecule has 0 radical (unpaired) electrons. The first-order valence-electron chi connectivity index (χ1n) is 9.35. The van der Waals surface area contributed by atoms with Gasteiger partial charge in [-0.3, -0.25) is 9.69 Å². The molecule has 0 aromatic heterocycles. The van der Waals surface area contributed by atoms with Crippen molar-refractivity contribution in [2.75, 3.05) is 32.7 Å². The second-order valence-electron chi connectivity index (χ2n) is 7.05. The van der Waals surface area contributed by atoms with E-state index in [1.807, 2.05) is 29.2 Å². The van der Waals surface area contributed by atoms with Gasteiger partial charge in [0.25, 0.3) is 0 Å². The Labute approximate surface area is 169 Å². The Kier molecular flexibility index (Phi) is 6.99. The highest BCUT2D eigenvalue weighted by Gasteiger charge is 2.22. The number of hydrogen-bond donors (Lipinski definition) is 1.